The van der Waals surface area contributed by atoms with E-state index < -0.39 is 22.6 Å². The number of carbonyl (C=O) groups excluding carboxylic acids is 2. The zero-order chi connectivity index (χ0) is 9.44. The highest BCUT2D eigenvalue weighted by Gasteiger charge is 1.80. The van der Waals surface area contributed by atoms with E-state index in [1.165, 1.54) is 0 Å². The van der Waals surface area contributed by atoms with Gasteiger partial charge in [0.25, 0.3) is 0 Å². The molecule has 0 aromatic carbocycles. The molecule has 0 saturated carbocycles. The van der Waals surface area contributed by atoms with Crippen molar-refractivity contribution < 1.29 is 18.0 Å². The number of primary amides is 3. The van der Waals surface area contributed by atoms with Crippen molar-refractivity contribution in [3.63, 3.8) is 0 Å². The molecule has 0 unspecified atom stereocenters. The van der Waals surface area contributed by atoms with Gasteiger partial charge in [-0.05, 0) is 0 Å². The lowest BCUT2D eigenvalue weighted by molar-refractivity contribution is 0.255. The largest absolute Gasteiger partial charge is 0.353 e. The molecule has 6 N–H and O–H groups in total. The monoisotopic (exact) mass is 216 g/mol. The fourth-order valence-corrected chi connectivity index (χ4v) is 0.220. The number of rotatable bonds is 0. The summed E-state index contributed by atoms with van der Waals surface area (Å²) >= 11 is 0. The van der Waals surface area contributed by atoms with Crippen LogP contribution in [0.2, 0.25) is 0 Å². The van der Waals surface area contributed by atoms with Crippen molar-refractivity contribution in [2.45, 2.75) is 0 Å². The molecule has 0 aromatic heterocycles. The number of nitrogens with two attached hydrogens (primary N) is 3. The van der Waals surface area contributed by atoms with Crippen LogP contribution in [0.15, 0.2) is 4.36 Å². The first-order valence-electron chi connectivity index (χ1n) is 2.01. The van der Waals surface area contributed by atoms with E-state index in [4.69, 9.17) is 4.79 Å². The summed E-state index contributed by atoms with van der Waals surface area (Å²) in [6.07, 6.45) is 0. The summed E-state index contributed by atoms with van der Waals surface area (Å²) in [5, 5.41) is 0. The molecule has 0 aliphatic rings. The number of amides is 4. The normalized spacial score (nSPS) is 6.33. The van der Waals surface area contributed by atoms with Gasteiger partial charge in [0, 0.05) is 0 Å². The summed E-state index contributed by atoms with van der Waals surface area (Å²) in [5.74, 6) is 0. The number of hydrogen-bond donors (Lipinski definition) is 3. The smallest absolute Gasteiger partial charge is 0.352 e. The zero-order valence-corrected chi connectivity index (χ0v) is 7.54. The van der Waals surface area contributed by atoms with E-state index in [1.54, 1.807) is 0 Å². The lowest BCUT2D eigenvalue weighted by Crippen LogP contribution is -2.18. The van der Waals surface area contributed by atoms with E-state index in [1.807, 2.05) is 0 Å². The van der Waals surface area contributed by atoms with Crippen molar-refractivity contribution in [1.29, 1.82) is 0 Å². The topological polar surface area (TPSA) is 159 Å². The zero-order valence-electron chi connectivity index (χ0n) is 5.72. The Balaban J connectivity index is -0.000000142. The van der Waals surface area contributed by atoms with Crippen LogP contribution < -0.4 is 17.2 Å². The molecule has 0 rings (SSSR count). The van der Waals surface area contributed by atoms with Crippen molar-refractivity contribution >= 4 is 36.1 Å². The van der Waals surface area contributed by atoms with Gasteiger partial charge in [-0.3, -0.25) is 0 Å². The summed E-state index contributed by atoms with van der Waals surface area (Å²) in [6.45, 7) is 0. The average Bonchev–Trinajstić information content (AvgIpc) is 1.56. The second kappa shape index (κ2) is 9.71. The van der Waals surface area contributed by atoms with Crippen molar-refractivity contribution in [2.24, 2.45) is 21.6 Å². The van der Waals surface area contributed by atoms with E-state index in [9.17, 15) is 13.2 Å². The molecule has 0 aliphatic carbocycles. The molecule has 0 fully saturated rings. The number of hydrogen-bond acceptors (Lipinski definition) is 4. The van der Waals surface area contributed by atoms with Crippen molar-refractivity contribution in [1.82, 2.24) is 0 Å². The summed E-state index contributed by atoms with van der Waals surface area (Å²) < 4.78 is 21.0. The Morgan fingerprint density at radius 3 is 1.33 bits per heavy atom. The first-order chi connectivity index (χ1) is 4.86. The van der Waals surface area contributed by atoms with Gasteiger partial charge in [0.2, 0.25) is 0 Å². The number of carbonyl (C=O) groups is 2. The molecule has 0 spiro atoms. The Morgan fingerprint density at radius 1 is 1.08 bits per heavy atom. The number of urea groups is 2. The molecule has 0 saturated heterocycles. The third-order valence-electron chi connectivity index (χ3n) is 0.165. The van der Waals surface area contributed by atoms with Crippen LogP contribution in [-0.4, -0.2) is 20.5 Å². The quantitative estimate of drug-likeness (QED) is 0.439. The Morgan fingerprint density at radius 2 is 1.33 bits per heavy atom. The Hall–Kier alpha value is -1.29. The number of nitrogens with zero attached hydrogens (tertiary/aromatic N) is 1. The highest BCUT2D eigenvalue weighted by Crippen LogP contribution is 1.60. The standard InChI is InChI=1S/CH2N2O3S.CH4N2O.H2S/c2-1(4)3-7(5)6;2-1(3)4;/h(H2,2,4);(H4,2,3,4);1H2. The van der Waals surface area contributed by atoms with E-state index in [-0.39, 0.29) is 13.5 Å². The molecule has 10 heteroatoms. The van der Waals surface area contributed by atoms with Gasteiger partial charge in [0.1, 0.15) is 0 Å². The van der Waals surface area contributed by atoms with Gasteiger partial charge >= 0.3 is 22.6 Å². The molecule has 72 valence electrons. The third-order valence-corrected chi connectivity index (χ3v) is 0.494. The van der Waals surface area contributed by atoms with E-state index >= 15 is 0 Å². The van der Waals surface area contributed by atoms with Crippen LogP contribution in [0.25, 0.3) is 0 Å². The molecular weight excluding hydrogens is 208 g/mol. The van der Waals surface area contributed by atoms with Gasteiger partial charge in [0.15, 0.2) is 0 Å². The van der Waals surface area contributed by atoms with Gasteiger partial charge in [0.05, 0.1) is 0 Å². The van der Waals surface area contributed by atoms with Crippen LogP contribution in [0.3, 0.4) is 0 Å². The van der Waals surface area contributed by atoms with E-state index in [0.717, 1.165) is 0 Å². The fourth-order valence-electron chi connectivity index (χ4n) is 0.0735. The molecular formula is C2H8N4O4S2. The first-order valence-corrected chi connectivity index (χ1v) is 3.05. The minimum atomic E-state index is -2.70. The van der Waals surface area contributed by atoms with Crippen LogP contribution >= 0.6 is 13.5 Å². The molecule has 8 nitrogen and oxygen atoms in total. The van der Waals surface area contributed by atoms with Gasteiger partial charge in [-0.15, -0.1) is 0 Å². The van der Waals surface area contributed by atoms with Crippen LogP contribution in [-0.2, 0) is 10.5 Å². The summed E-state index contributed by atoms with van der Waals surface area (Å²) in [4.78, 5) is 18.5. The Bertz CT molecular complexity index is 257. The third kappa shape index (κ3) is 70.5. The van der Waals surface area contributed by atoms with E-state index in [0.29, 0.717) is 0 Å². The second-order valence-electron chi connectivity index (χ2n) is 1.05. The molecule has 12 heavy (non-hydrogen) atoms. The lowest BCUT2D eigenvalue weighted by atomic mass is 11.2. The molecule has 0 aliphatic heterocycles. The molecule has 0 radical (unpaired) electrons. The SMILES string of the molecule is NC(=O)N=S(=O)=O.NC(N)=O.S. The summed E-state index contributed by atoms with van der Waals surface area (Å²) in [7, 11) is -2.70. The fraction of sp³-hybridized carbons (Fsp3) is 0. The molecule has 0 bridgehead atoms. The molecule has 0 atom stereocenters. The Kier molecular flexibility index (Phi) is 13.7. The average molecular weight is 216 g/mol. The van der Waals surface area contributed by atoms with Crippen molar-refractivity contribution in [2.75, 3.05) is 0 Å². The van der Waals surface area contributed by atoms with Crippen LogP contribution in [0.4, 0.5) is 9.59 Å². The lowest BCUT2D eigenvalue weighted by Gasteiger charge is -1.64. The van der Waals surface area contributed by atoms with Gasteiger partial charge in [-0.1, -0.05) is 4.36 Å². The predicted molar refractivity (Wildman–Crippen MR) is 45.1 cm³/mol. The maximum Gasteiger partial charge on any atom is 0.353 e. The van der Waals surface area contributed by atoms with Crippen LogP contribution in [0, 0.1) is 0 Å². The minimum absolute atomic E-state index is 0. The second-order valence-corrected chi connectivity index (χ2v) is 1.67. The predicted octanol–water partition coefficient (Wildman–Crippen LogP) is -1.74. The highest BCUT2D eigenvalue weighted by atomic mass is 32.2. The molecule has 0 heterocycles. The van der Waals surface area contributed by atoms with Gasteiger partial charge in [-0.2, -0.15) is 21.9 Å². The van der Waals surface area contributed by atoms with E-state index in [2.05, 4.69) is 21.6 Å². The maximum absolute atomic E-state index is 9.47. The molecule has 0 aromatic rings. The van der Waals surface area contributed by atoms with Crippen LogP contribution in [0.5, 0.6) is 0 Å². The summed E-state index contributed by atoms with van der Waals surface area (Å²) in [5.41, 5.74) is 12.8. The summed E-state index contributed by atoms with van der Waals surface area (Å²) in [6, 6.07) is -2.03. The van der Waals surface area contributed by atoms with Gasteiger partial charge in [-0.25, -0.2) is 9.59 Å². The van der Waals surface area contributed by atoms with Crippen molar-refractivity contribution in [3.8, 4) is 0 Å². The van der Waals surface area contributed by atoms with Gasteiger partial charge < -0.3 is 17.2 Å². The minimum Gasteiger partial charge on any atom is -0.352 e. The Labute approximate surface area is 76.2 Å². The molecule has 4 amide bonds. The first kappa shape index (κ1) is 17.0. The highest BCUT2D eigenvalue weighted by molar-refractivity contribution is 7.62. The van der Waals surface area contributed by atoms with Crippen molar-refractivity contribution in [3.05, 3.63) is 0 Å². The van der Waals surface area contributed by atoms with Crippen LogP contribution in [0.1, 0.15) is 0 Å². The maximum atomic E-state index is 9.47.